The highest BCUT2D eigenvalue weighted by Gasteiger charge is 2.17. The third-order valence-corrected chi connectivity index (χ3v) is 7.14. The number of rotatable bonds is 4. The molecule has 0 heterocycles. The van der Waals surface area contributed by atoms with Crippen LogP contribution >= 0.6 is 0 Å². The lowest BCUT2D eigenvalue weighted by molar-refractivity contribution is -0.597. The fourth-order valence-electron chi connectivity index (χ4n) is 2.14. The molecule has 0 atom stereocenters. The van der Waals surface area contributed by atoms with Gasteiger partial charge in [0.25, 0.3) is 5.69 Å². The van der Waals surface area contributed by atoms with Gasteiger partial charge in [0, 0.05) is 6.07 Å². The first-order valence-corrected chi connectivity index (χ1v) is 11.7. The van der Waals surface area contributed by atoms with Crippen LogP contribution in [-0.4, -0.2) is 17.9 Å². The van der Waals surface area contributed by atoms with E-state index < -0.39 is 25.6 Å². The third-order valence-electron chi connectivity index (χ3n) is 3.57. The molecule has 3 aromatic carbocycles. The van der Waals surface area contributed by atoms with E-state index in [1.165, 1.54) is 30.4 Å². The van der Waals surface area contributed by atoms with Crippen molar-refractivity contribution in [3.63, 3.8) is 0 Å². The molecule has 0 amide bonds. The molecule has 3 aromatic rings. The maximum atomic E-state index is 10.5. The molecule has 0 aliphatic carbocycles. The zero-order valence-corrected chi connectivity index (χ0v) is 18.2. The van der Waals surface area contributed by atoms with E-state index in [0.29, 0.717) is 0 Å². The lowest BCUT2D eigenvalue weighted by atomic mass is 10.2. The van der Waals surface area contributed by atoms with Crippen molar-refractivity contribution in [2.45, 2.75) is 18.7 Å². The smallest absolute Gasteiger partial charge is 0.357 e. The Morgan fingerprint density at radius 3 is 1.57 bits per heavy atom. The number of nitro benzene ring substituents is 1. The summed E-state index contributed by atoms with van der Waals surface area (Å²) >= 11 is 0.00313. The van der Waals surface area contributed by atoms with Gasteiger partial charge in [-0.3, -0.25) is 10.1 Å². The highest BCUT2D eigenvalue weighted by molar-refractivity contribution is 7.85. The van der Waals surface area contributed by atoms with Crippen LogP contribution in [0.3, 0.4) is 0 Å². The second-order valence-corrected chi connectivity index (χ2v) is 10.2. The Hall–Kier alpha value is -2.30. The Labute approximate surface area is 174 Å². The second-order valence-electron chi connectivity index (χ2n) is 5.86. The van der Waals surface area contributed by atoms with Gasteiger partial charge in [-0.2, -0.15) is 0 Å². The maximum absolute atomic E-state index is 10.5. The number of halogens is 1. The number of hydrogen-bond donors (Lipinski definition) is 0. The molecule has 28 heavy (non-hydrogen) atoms. The van der Waals surface area contributed by atoms with Crippen LogP contribution in [0.25, 0.3) is 0 Å². The van der Waals surface area contributed by atoms with Gasteiger partial charge in [-0.25, -0.2) is 8.42 Å². The number of para-hydroxylation sites is 1. The Morgan fingerprint density at radius 1 is 0.786 bits per heavy atom. The van der Waals surface area contributed by atoms with Crippen molar-refractivity contribution in [3.8, 4) is 0 Å². The Kier molecular flexibility index (Phi) is 7.67. The molecule has 0 saturated carbocycles. The molecular weight excluding hydrogens is 493 g/mol. The molecule has 3 rings (SSSR count). The largest absolute Gasteiger partial charge is 0.744 e. The molecule has 0 unspecified atom stereocenters. The molecule has 0 spiro atoms. The van der Waals surface area contributed by atoms with Crippen molar-refractivity contribution in [1.82, 2.24) is 0 Å². The van der Waals surface area contributed by atoms with Crippen molar-refractivity contribution < 1.29 is 39.1 Å². The van der Waals surface area contributed by atoms with Crippen LogP contribution in [0, 0.1) is 31.1 Å². The summed E-state index contributed by atoms with van der Waals surface area (Å²) in [6.07, 6.45) is 0. The zero-order valence-electron chi connectivity index (χ0n) is 15.2. The first-order chi connectivity index (χ1) is 13.2. The van der Waals surface area contributed by atoms with E-state index in [2.05, 4.69) is 62.4 Å². The van der Waals surface area contributed by atoms with Crippen molar-refractivity contribution in [2.75, 3.05) is 0 Å². The Morgan fingerprint density at radius 2 is 1.21 bits per heavy atom. The average Bonchev–Trinajstić information content (AvgIpc) is 2.65. The number of hydrogen-bond acceptors (Lipinski definition) is 5. The number of nitrogens with zero attached hydrogens (tertiary/aromatic N) is 1. The van der Waals surface area contributed by atoms with E-state index in [1.807, 2.05) is 0 Å². The molecule has 0 radical (unpaired) electrons. The van der Waals surface area contributed by atoms with Gasteiger partial charge in [-0.15, -0.1) is 0 Å². The molecule has 0 aliphatic rings. The number of nitro groups is 1. The normalized spacial score (nSPS) is 10.7. The average molecular weight is 511 g/mol. The third kappa shape index (κ3) is 6.70. The van der Waals surface area contributed by atoms with Crippen LogP contribution < -0.4 is 21.2 Å². The highest BCUT2D eigenvalue weighted by Crippen LogP contribution is 2.21. The SMILES string of the molecule is Cc1ccc([I+]c2ccc(C)cc2)cc1.O=[N+]([O-])c1ccccc1S(=O)(=O)[O-]. The van der Waals surface area contributed by atoms with E-state index >= 15 is 0 Å². The molecule has 0 saturated heterocycles. The highest BCUT2D eigenvalue weighted by atomic mass is 127. The predicted octanol–water partition coefficient (Wildman–Crippen LogP) is 0.931. The summed E-state index contributed by atoms with van der Waals surface area (Å²) in [5, 5.41) is 10.3. The van der Waals surface area contributed by atoms with E-state index in [4.69, 9.17) is 0 Å². The number of benzene rings is 3. The first kappa shape index (κ1) is 22.0. The van der Waals surface area contributed by atoms with Crippen LogP contribution in [0.2, 0.25) is 0 Å². The monoisotopic (exact) mass is 511 g/mol. The summed E-state index contributed by atoms with van der Waals surface area (Å²) in [6.45, 7) is 4.27. The quantitative estimate of drug-likeness (QED) is 0.225. The minimum Gasteiger partial charge on any atom is -0.744 e. The topological polar surface area (TPSA) is 100 Å². The second kappa shape index (κ2) is 9.76. The van der Waals surface area contributed by atoms with E-state index in [0.717, 1.165) is 12.1 Å². The summed E-state index contributed by atoms with van der Waals surface area (Å²) in [7, 11) is -4.77. The Bertz CT molecular complexity index is 1010. The molecular formula is C20H18INO5S. The van der Waals surface area contributed by atoms with Crippen LogP contribution in [0.15, 0.2) is 77.7 Å². The minimum atomic E-state index is -4.77. The van der Waals surface area contributed by atoms with Gasteiger partial charge >= 0.3 is 21.2 Å². The molecule has 146 valence electrons. The molecule has 6 nitrogen and oxygen atoms in total. The molecule has 0 bridgehead atoms. The summed E-state index contributed by atoms with van der Waals surface area (Å²) in [6, 6.07) is 22.2. The van der Waals surface area contributed by atoms with Gasteiger partial charge in [-0.05, 0) is 44.2 Å². The van der Waals surface area contributed by atoms with Gasteiger partial charge in [0.1, 0.15) is 15.0 Å². The fraction of sp³-hybridized carbons (Fsp3) is 0.100. The molecule has 0 aliphatic heterocycles. The van der Waals surface area contributed by atoms with Crippen molar-refractivity contribution in [1.29, 1.82) is 0 Å². The van der Waals surface area contributed by atoms with E-state index in [1.54, 1.807) is 0 Å². The maximum Gasteiger partial charge on any atom is 0.357 e. The molecule has 8 heteroatoms. The van der Waals surface area contributed by atoms with Crippen molar-refractivity contribution in [3.05, 3.63) is 101 Å². The van der Waals surface area contributed by atoms with Gasteiger partial charge in [-0.1, -0.05) is 47.5 Å². The van der Waals surface area contributed by atoms with Crippen LogP contribution in [0.5, 0.6) is 0 Å². The van der Waals surface area contributed by atoms with E-state index in [9.17, 15) is 23.1 Å². The zero-order chi connectivity index (χ0) is 20.7. The predicted molar refractivity (Wildman–Crippen MR) is 101 cm³/mol. The van der Waals surface area contributed by atoms with E-state index in [-0.39, 0.29) is 21.2 Å². The standard InChI is InChI=1S/C14H14I.C6H5NO5S/c1-11-3-7-13(8-4-11)15-14-9-5-12(2)6-10-14;8-7(9)5-3-1-2-4-6(5)13(10,11)12/h3-10H,1-2H3;1-4H,(H,10,11,12)/q+1;/p-1. The lowest BCUT2D eigenvalue weighted by Crippen LogP contribution is -3.61. The Balaban J connectivity index is 0.000000203. The van der Waals surface area contributed by atoms with Crippen molar-refractivity contribution in [2.24, 2.45) is 0 Å². The van der Waals surface area contributed by atoms with Crippen LogP contribution in [0.1, 0.15) is 11.1 Å². The number of aryl methyl sites for hydroxylation is 2. The van der Waals surface area contributed by atoms with Gasteiger partial charge in [0.2, 0.25) is 0 Å². The minimum absolute atomic E-state index is 0.00313. The van der Waals surface area contributed by atoms with Gasteiger partial charge in [0.05, 0.1) is 4.92 Å². The lowest BCUT2D eigenvalue weighted by Gasteiger charge is -2.06. The molecule has 0 N–H and O–H groups in total. The summed E-state index contributed by atoms with van der Waals surface area (Å²) in [5.41, 5.74) is 1.98. The summed E-state index contributed by atoms with van der Waals surface area (Å²) < 4.78 is 34.5. The van der Waals surface area contributed by atoms with Crippen molar-refractivity contribution >= 4 is 15.8 Å². The van der Waals surface area contributed by atoms with Gasteiger partial charge < -0.3 is 4.55 Å². The van der Waals surface area contributed by atoms with Crippen LogP contribution in [0.4, 0.5) is 5.69 Å². The molecule has 0 aromatic heterocycles. The van der Waals surface area contributed by atoms with Gasteiger partial charge in [0.15, 0.2) is 7.14 Å². The fourth-order valence-corrected chi connectivity index (χ4v) is 4.94. The summed E-state index contributed by atoms with van der Waals surface area (Å²) in [5.74, 6) is 0. The first-order valence-electron chi connectivity index (χ1n) is 8.14. The molecule has 0 fully saturated rings. The summed E-state index contributed by atoms with van der Waals surface area (Å²) in [4.78, 5) is 8.55. The van der Waals surface area contributed by atoms with Crippen LogP contribution in [-0.2, 0) is 10.1 Å².